The summed E-state index contributed by atoms with van der Waals surface area (Å²) < 4.78 is 1.18. The zero-order valence-electron chi connectivity index (χ0n) is 11.7. The molecule has 2 heterocycles. The van der Waals surface area contributed by atoms with Crippen molar-refractivity contribution in [3.63, 3.8) is 0 Å². The van der Waals surface area contributed by atoms with Gasteiger partial charge in [0.05, 0.1) is 0 Å². The molecule has 2 unspecified atom stereocenters. The van der Waals surface area contributed by atoms with Crippen molar-refractivity contribution in [2.75, 3.05) is 13.1 Å². The van der Waals surface area contributed by atoms with E-state index in [0.29, 0.717) is 11.8 Å². The number of aryl methyl sites for hydroxylation is 1. The SMILES string of the molecule is CCc1ccc(C2CCNCC2c2cccc(Br)c2)s1. The Kier molecular flexibility index (Phi) is 4.59. The fraction of sp³-hybridized carbons (Fsp3) is 0.412. The molecule has 0 saturated carbocycles. The molecule has 106 valence electrons. The predicted octanol–water partition coefficient (Wildman–Crippen LogP) is 4.93. The maximum atomic E-state index is 3.60. The first kappa shape index (κ1) is 14.3. The topological polar surface area (TPSA) is 12.0 Å². The Balaban J connectivity index is 1.90. The molecule has 1 saturated heterocycles. The minimum atomic E-state index is 0.588. The predicted molar refractivity (Wildman–Crippen MR) is 90.8 cm³/mol. The lowest BCUT2D eigenvalue weighted by Crippen LogP contribution is -2.33. The van der Waals surface area contributed by atoms with Crippen LogP contribution in [0.25, 0.3) is 0 Å². The van der Waals surface area contributed by atoms with Gasteiger partial charge in [0, 0.05) is 32.6 Å². The molecule has 2 aromatic rings. The molecule has 1 aromatic carbocycles. The van der Waals surface area contributed by atoms with Gasteiger partial charge in [-0.3, -0.25) is 0 Å². The minimum absolute atomic E-state index is 0.588. The number of hydrogen-bond donors (Lipinski definition) is 1. The van der Waals surface area contributed by atoms with Crippen molar-refractivity contribution in [3.8, 4) is 0 Å². The number of halogens is 1. The Hall–Kier alpha value is -0.640. The molecule has 0 aliphatic carbocycles. The average molecular weight is 350 g/mol. The van der Waals surface area contributed by atoms with Gasteiger partial charge in [-0.25, -0.2) is 0 Å². The first-order valence-corrected chi connectivity index (χ1v) is 8.93. The lowest BCUT2D eigenvalue weighted by molar-refractivity contribution is 0.408. The van der Waals surface area contributed by atoms with Crippen LogP contribution in [0.2, 0.25) is 0 Å². The van der Waals surface area contributed by atoms with Crippen molar-refractivity contribution in [3.05, 3.63) is 56.2 Å². The zero-order chi connectivity index (χ0) is 13.9. The second kappa shape index (κ2) is 6.42. The normalized spacial score (nSPS) is 22.9. The Morgan fingerprint density at radius 3 is 2.90 bits per heavy atom. The van der Waals surface area contributed by atoms with E-state index in [0.717, 1.165) is 19.5 Å². The fourth-order valence-corrected chi connectivity index (χ4v) is 4.64. The Morgan fingerprint density at radius 2 is 2.15 bits per heavy atom. The molecule has 0 amide bonds. The second-order valence-corrected chi connectivity index (χ2v) is 7.53. The summed E-state index contributed by atoms with van der Waals surface area (Å²) in [6.07, 6.45) is 2.39. The highest BCUT2D eigenvalue weighted by Gasteiger charge is 2.28. The number of nitrogens with one attached hydrogen (secondary N) is 1. The number of hydrogen-bond acceptors (Lipinski definition) is 2. The van der Waals surface area contributed by atoms with Crippen LogP contribution in [0.3, 0.4) is 0 Å². The molecule has 1 aromatic heterocycles. The highest BCUT2D eigenvalue weighted by molar-refractivity contribution is 9.10. The van der Waals surface area contributed by atoms with E-state index in [9.17, 15) is 0 Å². The molecule has 20 heavy (non-hydrogen) atoms. The van der Waals surface area contributed by atoms with E-state index in [1.165, 1.54) is 21.3 Å². The largest absolute Gasteiger partial charge is 0.316 e. The molecule has 0 radical (unpaired) electrons. The minimum Gasteiger partial charge on any atom is -0.316 e. The van der Waals surface area contributed by atoms with Crippen LogP contribution in [0.4, 0.5) is 0 Å². The highest BCUT2D eigenvalue weighted by Crippen LogP contribution is 2.40. The van der Waals surface area contributed by atoms with Gasteiger partial charge in [-0.15, -0.1) is 11.3 Å². The van der Waals surface area contributed by atoms with Crippen molar-refractivity contribution in [2.45, 2.75) is 31.6 Å². The lowest BCUT2D eigenvalue weighted by atomic mass is 9.80. The smallest absolute Gasteiger partial charge is 0.0178 e. The Labute approximate surface area is 133 Å². The molecular formula is C17H20BrNS. The first-order valence-electron chi connectivity index (χ1n) is 7.32. The molecule has 1 aliphatic heterocycles. The number of benzene rings is 1. The average Bonchev–Trinajstić information content (AvgIpc) is 2.96. The molecule has 0 bridgehead atoms. The van der Waals surface area contributed by atoms with Gasteiger partial charge < -0.3 is 5.32 Å². The summed E-state index contributed by atoms with van der Waals surface area (Å²) in [6.45, 7) is 4.46. The summed E-state index contributed by atoms with van der Waals surface area (Å²) in [7, 11) is 0. The third kappa shape index (κ3) is 3.00. The van der Waals surface area contributed by atoms with Crippen LogP contribution in [0.5, 0.6) is 0 Å². The molecule has 3 rings (SSSR count). The van der Waals surface area contributed by atoms with E-state index in [-0.39, 0.29) is 0 Å². The number of piperidine rings is 1. The molecule has 1 fully saturated rings. The molecular weight excluding hydrogens is 330 g/mol. The van der Waals surface area contributed by atoms with E-state index in [1.807, 2.05) is 11.3 Å². The Morgan fingerprint density at radius 1 is 1.25 bits per heavy atom. The van der Waals surface area contributed by atoms with Crippen molar-refractivity contribution in [1.82, 2.24) is 5.32 Å². The van der Waals surface area contributed by atoms with E-state index < -0.39 is 0 Å². The standard InChI is InChI=1S/C17H20BrNS/c1-2-14-6-7-17(20-14)15-8-9-19-11-16(15)12-4-3-5-13(18)10-12/h3-7,10,15-16,19H,2,8-9,11H2,1H3. The van der Waals surface area contributed by atoms with Crippen molar-refractivity contribution in [1.29, 1.82) is 0 Å². The van der Waals surface area contributed by atoms with Crippen LogP contribution in [0, 0.1) is 0 Å². The summed E-state index contributed by atoms with van der Waals surface area (Å²) in [5.74, 6) is 1.25. The molecule has 1 N–H and O–H groups in total. The summed E-state index contributed by atoms with van der Waals surface area (Å²) in [6, 6.07) is 13.5. The maximum absolute atomic E-state index is 3.60. The van der Waals surface area contributed by atoms with Gasteiger partial charge in [-0.05, 0) is 49.2 Å². The molecule has 1 aliphatic rings. The van der Waals surface area contributed by atoms with Crippen molar-refractivity contribution < 1.29 is 0 Å². The maximum Gasteiger partial charge on any atom is 0.0178 e. The molecule has 2 atom stereocenters. The summed E-state index contributed by atoms with van der Waals surface area (Å²) in [4.78, 5) is 3.07. The van der Waals surface area contributed by atoms with Gasteiger partial charge in [-0.2, -0.15) is 0 Å². The Bertz CT molecular complexity index is 578. The van der Waals surface area contributed by atoms with E-state index in [4.69, 9.17) is 0 Å². The van der Waals surface area contributed by atoms with Crippen LogP contribution < -0.4 is 5.32 Å². The van der Waals surface area contributed by atoms with Gasteiger partial charge in [0.15, 0.2) is 0 Å². The third-order valence-electron chi connectivity index (χ3n) is 4.16. The highest BCUT2D eigenvalue weighted by atomic mass is 79.9. The third-order valence-corrected chi connectivity index (χ3v) is 6.01. The van der Waals surface area contributed by atoms with Gasteiger partial charge >= 0.3 is 0 Å². The van der Waals surface area contributed by atoms with E-state index in [1.54, 1.807) is 4.88 Å². The number of thiophene rings is 1. The summed E-state index contributed by atoms with van der Waals surface area (Å²) in [5.41, 5.74) is 1.45. The molecule has 1 nitrogen and oxygen atoms in total. The van der Waals surface area contributed by atoms with Gasteiger partial charge in [-0.1, -0.05) is 35.0 Å². The van der Waals surface area contributed by atoms with Crippen LogP contribution in [-0.2, 0) is 6.42 Å². The second-order valence-electron chi connectivity index (χ2n) is 5.42. The van der Waals surface area contributed by atoms with Crippen molar-refractivity contribution in [2.24, 2.45) is 0 Å². The van der Waals surface area contributed by atoms with E-state index >= 15 is 0 Å². The van der Waals surface area contributed by atoms with Crippen LogP contribution in [0.15, 0.2) is 40.9 Å². The number of rotatable bonds is 3. The molecule has 3 heteroatoms. The fourth-order valence-electron chi connectivity index (χ4n) is 3.07. The van der Waals surface area contributed by atoms with Crippen LogP contribution in [-0.4, -0.2) is 13.1 Å². The van der Waals surface area contributed by atoms with Crippen LogP contribution in [0.1, 0.15) is 40.5 Å². The zero-order valence-corrected chi connectivity index (χ0v) is 14.1. The van der Waals surface area contributed by atoms with Gasteiger partial charge in [0.2, 0.25) is 0 Å². The quantitative estimate of drug-likeness (QED) is 0.827. The van der Waals surface area contributed by atoms with Gasteiger partial charge in [0.25, 0.3) is 0 Å². The molecule has 0 spiro atoms. The van der Waals surface area contributed by atoms with Crippen LogP contribution >= 0.6 is 27.3 Å². The monoisotopic (exact) mass is 349 g/mol. The lowest BCUT2D eigenvalue weighted by Gasteiger charge is -2.32. The summed E-state index contributed by atoms with van der Waals surface area (Å²) in [5, 5.41) is 3.56. The summed E-state index contributed by atoms with van der Waals surface area (Å²) >= 11 is 5.60. The van der Waals surface area contributed by atoms with Gasteiger partial charge in [0.1, 0.15) is 0 Å². The van der Waals surface area contributed by atoms with Crippen molar-refractivity contribution >= 4 is 27.3 Å². The van der Waals surface area contributed by atoms with E-state index in [2.05, 4.69) is 64.6 Å². The first-order chi connectivity index (χ1) is 9.78.